The molecule has 180 valence electrons. The van der Waals surface area contributed by atoms with Gasteiger partial charge in [0, 0.05) is 18.0 Å². The highest BCUT2D eigenvalue weighted by molar-refractivity contribution is 7.97. The van der Waals surface area contributed by atoms with Gasteiger partial charge in [0.05, 0.1) is 25.7 Å². The number of nitrogens with zero attached hydrogens (tertiary/aromatic N) is 3. The fourth-order valence-corrected chi connectivity index (χ4v) is 4.07. The van der Waals surface area contributed by atoms with Crippen molar-refractivity contribution in [3.8, 4) is 17.4 Å². The van der Waals surface area contributed by atoms with Crippen LogP contribution in [0.5, 0.6) is 11.5 Å². The molecule has 2 aromatic heterocycles. The highest BCUT2D eigenvalue weighted by Gasteiger charge is 2.32. The molecule has 1 aliphatic heterocycles. The molecular weight excluding hydrogens is 482 g/mol. The number of rotatable bonds is 6. The summed E-state index contributed by atoms with van der Waals surface area (Å²) in [6.45, 7) is -1.47. The number of hydrogen-bond donors (Lipinski definition) is 0. The summed E-state index contributed by atoms with van der Waals surface area (Å²) in [5.74, 6) is 2.36. The molecule has 3 heterocycles. The van der Waals surface area contributed by atoms with E-state index in [4.69, 9.17) is 14.5 Å². The van der Waals surface area contributed by atoms with Crippen LogP contribution in [0.2, 0.25) is 0 Å². The first-order valence-electron chi connectivity index (χ1n) is 9.35. The van der Waals surface area contributed by atoms with Crippen LogP contribution in [0.4, 0.5) is 30.4 Å². The minimum atomic E-state index is -6.00. The third-order valence-electron chi connectivity index (χ3n) is 4.16. The van der Waals surface area contributed by atoms with E-state index in [2.05, 4.69) is 8.71 Å². The van der Waals surface area contributed by atoms with Gasteiger partial charge in [-0.05, 0) is 12.1 Å². The first-order valence-corrected chi connectivity index (χ1v) is 10.3. The highest BCUT2D eigenvalue weighted by Crippen LogP contribution is 2.36. The second kappa shape index (κ2) is 10.1. The van der Waals surface area contributed by atoms with Crippen molar-refractivity contribution in [2.24, 2.45) is 0 Å². The van der Waals surface area contributed by atoms with Crippen molar-refractivity contribution in [2.45, 2.75) is 11.9 Å². The molecule has 0 unspecified atom stereocenters. The van der Waals surface area contributed by atoms with Crippen molar-refractivity contribution in [2.75, 3.05) is 26.9 Å². The Morgan fingerprint density at radius 1 is 1.12 bits per heavy atom. The molecule has 33 heavy (non-hydrogen) atoms. The van der Waals surface area contributed by atoms with E-state index in [0.717, 1.165) is 22.7 Å². The maximum Gasteiger partial charge on any atom is 0.673 e. The number of methoxy groups -OCH3 is 1. The van der Waals surface area contributed by atoms with Crippen LogP contribution in [0, 0.1) is 0 Å². The summed E-state index contributed by atoms with van der Waals surface area (Å²) in [5.41, 5.74) is 2.79. The van der Waals surface area contributed by atoms with E-state index < -0.39 is 20.0 Å². The molecule has 0 atom stereocenters. The van der Waals surface area contributed by atoms with Gasteiger partial charge in [0.25, 0.3) is 0 Å². The van der Waals surface area contributed by atoms with Crippen molar-refractivity contribution in [1.29, 1.82) is 0 Å². The lowest BCUT2D eigenvalue weighted by atomic mass is 10.3. The van der Waals surface area contributed by atoms with E-state index in [1.807, 2.05) is 35.0 Å². The fourth-order valence-electron chi connectivity index (χ4n) is 3.01. The van der Waals surface area contributed by atoms with E-state index >= 15 is 0 Å². The Kier molecular flexibility index (Phi) is 7.62. The van der Waals surface area contributed by atoms with Crippen LogP contribution >= 0.6 is 11.9 Å². The minimum absolute atomic E-state index is 0.0124. The van der Waals surface area contributed by atoms with Crippen molar-refractivity contribution in [1.82, 2.24) is 8.96 Å². The van der Waals surface area contributed by atoms with Gasteiger partial charge in [0.1, 0.15) is 18.9 Å². The van der Waals surface area contributed by atoms with Gasteiger partial charge in [0.15, 0.2) is 22.5 Å². The third kappa shape index (κ3) is 6.66. The molecule has 0 amide bonds. The number of imidazole rings is 1. The van der Waals surface area contributed by atoms with Crippen LogP contribution in [0.3, 0.4) is 0 Å². The monoisotopic (exact) mass is 499 g/mol. The number of fused-ring (bicyclic) bond motifs is 5. The number of halogens is 7. The van der Waals surface area contributed by atoms with Crippen molar-refractivity contribution < 1.29 is 49.2 Å². The van der Waals surface area contributed by atoms with Crippen LogP contribution in [0.15, 0.2) is 36.5 Å². The molecule has 0 bridgehead atoms. The molecule has 0 saturated heterocycles. The van der Waals surface area contributed by atoms with Gasteiger partial charge in [-0.2, -0.15) is 21.7 Å². The Hall–Kier alpha value is -2.68. The number of pyridine rings is 1. The van der Waals surface area contributed by atoms with Crippen LogP contribution in [0.1, 0.15) is 5.69 Å². The van der Waals surface area contributed by atoms with E-state index in [9.17, 15) is 30.4 Å². The van der Waals surface area contributed by atoms with Gasteiger partial charge in [-0.1, -0.05) is 17.1 Å². The number of hydrogen-bond acceptors (Lipinski definition) is 5. The average Bonchev–Trinajstić information content (AvgIpc) is 3.10. The zero-order valence-corrected chi connectivity index (χ0v) is 17.8. The fraction of sp³-hybridized carbons (Fsp3) is 0.333. The van der Waals surface area contributed by atoms with Gasteiger partial charge in [-0.15, -0.1) is 0 Å². The number of ether oxygens (including phenoxy) is 3. The lowest BCUT2D eigenvalue weighted by Gasteiger charge is -2.18. The number of benzene rings is 1. The first-order chi connectivity index (χ1) is 15.5. The van der Waals surface area contributed by atoms with Crippen molar-refractivity contribution in [3.05, 3.63) is 42.2 Å². The molecule has 0 spiro atoms. The Bertz CT molecular complexity index is 1100. The molecule has 0 N–H and O–H groups in total. The highest BCUT2D eigenvalue weighted by atomic mass is 32.2. The zero-order valence-electron chi connectivity index (χ0n) is 17.0. The van der Waals surface area contributed by atoms with Crippen LogP contribution in [-0.4, -0.2) is 49.3 Å². The van der Waals surface area contributed by atoms with Crippen molar-refractivity contribution >= 4 is 30.2 Å². The zero-order chi connectivity index (χ0) is 24.2. The lowest BCUT2D eigenvalue weighted by molar-refractivity contribution is -0.612. The second-order valence-corrected chi connectivity index (χ2v) is 7.42. The summed E-state index contributed by atoms with van der Waals surface area (Å²) in [7, 11) is -4.47. The summed E-state index contributed by atoms with van der Waals surface area (Å²) >= 11 is 1.59. The number of para-hydroxylation sites is 2. The average molecular weight is 499 g/mol. The molecular formula is C18H17BF7N3O3S. The predicted octanol–water partition coefficient (Wildman–Crippen LogP) is 4.59. The molecule has 1 aliphatic rings. The SMILES string of the molecule is COc1c(OCCOCC(F)(F)F)cc[n+]2c1CSn1c-2nc2ccccc21.F[B-](F)(F)F. The normalized spacial score (nSPS) is 13.1. The Morgan fingerprint density at radius 3 is 2.48 bits per heavy atom. The van der Waals surface area contributed by atoms with Crippen LogP contribution in [0.25, 0.3) is 17.0 Å². The second-order valence-electron chi connectivity index (χ2n) is 6.51. The smallest absolute Gasteiger partial charge is 0.490 e. The molecule has 0 saturated carbocycles. The van der Waals surface area contributed by atoms with Crippen LogP contribution in [-0.2, 0) is 10.5 Å². The van der Waals surface area contributed by atoms with Gasteiger partial charge >= 0.3 is 19.4 Å². The van der Waals surface area contributed by atoms with E-state index in [-0.39, 0.29) is 13.2 Å². The third-order valence-corrected chi connectivity index (χ3v) is 5.18. The van der Waals surface area contributed by atoms with Gasteiger partial charge < -0.3 is 31.5 Å². The van der Waals surface area contributed by atoms with Crippen molar-refractivity contribution in [3.63, 3.8) is 0 Å². The van der Waals surface area contributed by atoms with Gasteiger partial charge in [0.2, 0.25) is 0 Å². The van der Waals surface area contributed by atoms with Crippen LogP contribution < -0.4 is 14.0 Å². The maximum absolute atomic E-state index is 12.1. The lowest BCUT2D eigenvalue weighted by Crippen LogP contribution is -2.41. The Morgan fingerprint density at radius 2 is 1.82 bits per heavy atom. The molecule has 4 rings (SSSR count). The van der Waals surface area contributed by atoms with Gasteiger partial charge in [-0.25, -0.2) is 0 Å². The van der Waals surface area contributed by atoms with E-state index in [1.54, 1.807) is 18.0 Å². The summed E-state index contributed by atoms with van der Waals surface area (Å²) in [5, 5.41) is 0. The molecule has 6 nitrogen and oxygen atoms in total. The first kappa shape index (κ1) is 25.0. The molecule has 0 radical (unpaired) electrons. The predicted molar refractivity (Wildman–Crippen MR) is 107 cm³/mol. The molecule has 15 heteroatoms. The molecule has 0 fully saturated rings. The number of alkyl halides is 3. The summed E-state index contributed by atoms with van der Waals surface area (Å²) in [6, 6.07) is 9.59. The Labute approximate surface area is 187 Å². The quantitative estimate of drug-likeness (QED) is 0.215. The van der Waals surface area contributed by atoms with E-state index in [0.29, 0.717) is 17.3 Å². The Balaban J connectivity index is 0.000000555. The minimum Gasteiger partial charge on any atom is -0.490 e. The maximum atomic E-state index is 12.1. The van der Waals surface area contributed by atoms with E-state index in [1.165, 1.54) is 7.11 Å². The summed E-state index contributed by atoms with van der Waals surface area (Å²) in [6.07, 6.45) is -2.52. The summed E-state index contributed by atoms with van der Waals surface area (Å²) in [4.78, 5) is 4.69. The standard InChI is InChI=1S/C18H17F3N3O3S.BF4/c1-25-16-14-10-28-24-13-5-3-2-4-12(13)22-17(24)23(14)7-6-15(16)27-9-8-26-11-18(19,20)21;2-1(3,4)5/h2-7H,8-11H2,1H3;/q+1;-1. The van der Waals surface area contributed by atoms with Gasteiger partial charge in [-0.3, -0.25) is 0 Å². The largest absolute Gasteiger partial charge is 0.673 e. The molecule has 1 aromatic carbocycles. The topological polar surface area (TPSA) is 49.4 Å². The molecule has 3 aromatic rings. The summed E-state index contributed by atoms with van der Waals surface area (Å²) < 4.78 is 95.0. The number of aromatic nitrogens is 3. The molecule has 0 aliphatic carbocycles.